The first-order chi connectivity index (χ1) is 16.8. The molecule has 0 spiro atoms. The number of aromatic carboxylic acids is 1. The Balaban J connectivity index is 1.78. The van der Waals surface area contributed by atoms with E-state index in [0.717, 1.165) is 35.8 Å². The molecule has 3 aromatic carbocycles. The molecule has 0 aliphatic heterocycles. The number of carboxylic acids is 1. The van der Waals surface area contributed by atoms with Gasteiger partial charge in [0.25, 0.3) is 0 Å². The van der Waals surface area contributed by atoms with E-state index in [1.807, 2.05) is 0 Å². The smallest absolute Gasteiger partial charge is 0.422 e. The Labute approximate surface area is 206 Å². The molecule has 6 nitrogen and oxygen atoms in total. The zero-order valence-corrected chi connectivity index (χ0v) is 19.5. The number of rotatable bonds is 5. The summed E-state index contributed by atoms with van der Waals surface area (Å²) in [7, 11) is 1.40. The molecule has 2 N–H and O–H groups in total. The number of hydrogen-bond acceptors (Lipinski definition) is 4. The summed E-state index contributed by atoms with van der Waals surface area (Å²) < 4.78 is 63.3. The van der Waals surface area contributed by atoms with Crippen LogP contribution in [0.1, 0.15) is 34.3 Å². The first kappa shape index (κ1) is 25.5. The molecule has 0 unspecified atom stereocenters. The molecule has 0 radical (unpaired) electrons. The highest BCUT2D eigenvalue weighted by molar-refractivity contribution is 6.31. The van der Waals surface area contributed by atoms with Crippen LogP contribution in [0.15, 0.2) is 63.8 Å². The van der Waals surface area contributed by atoms with Crippen LogP contribution in [0, 0.1) is 5.82 Å². The quantitative estimate of drug-likeness (QED) is 0.320. The minimum Gasteiger partial charge on any atom is -0.478 e. The molecule has 0 saturated carbocycles. The summed E-state index contributed by atoms with van der Waals surface area (Å²) >= 11 is 6.33. The lowest BCUT2D eigenvalue weighted by molar-refractivity contribution is -0.274. The molecule has 0 aliphatic carbocycles. The van der Waals surface area contributed by atoms with Crippen molar-refractivity contribution in [3.8, 4) is 11.1 Å². The van der Waals surface area contributed by atoms with Crippen molar-refractivity contribution >= 4 is 28.7 Å². The van der Waals surface area contributed by atoms with Crippen LogP contribution in [-0.4, -0.2) is 26.9 Å². The fraction of sp³-hybridized carbons (Fsp3) is 0.200. The zero-order valence-electron chi connectivity index (χ0n) is 18.7. The summed E-state index contributed by atoms with van der Waals surface area (Å²) in [5.74, 6) is -4.81. The van der Waals surface area contributed by atoms with E-state index in [0.29, 0.717) is 5.56 Å². The van der Waals surface area contributed by atoms with Gasteiger partial charge in [0.2, 0.25) is 0 Å². The van der Waals surface area contributed by atoms with Gasteiger partial charge in [-0.2, -0.15) is 13.2 Å². The van der Waals surface area contributed by atoms with Gasteiger partial charge in [-0.15, -0.1) is 0 Å². The molecule has 4 rings (SSSR count). The first-order valence-electron chi connectivity index (χ1n) is 10.5. The van der Waals surface area contributed by atoms with Crippen LogP contribution >= 0.6 is 11.6 Å². The fourth-order valence-corrected chi connectivity index (χ4v) is 4.53. The molecule has 0 amide bonds. The number of oxazole rings is 1. The summed E-state index contributed by atoms with van der Waals surface area (Å²) in [6, 6.07) is 10.7. The van der Waals surface area contributed by atoms with Crippen molar-refractivity contribution in [1.29, 1.82) is 0 Å². The third-order valence-corrected chi connectivity index (χ3v) is 6.62. The van der Waals surface area contributed by atoms with Crippen molar-refractivity contribution in [3.05, 3.63) is 92.7 Å². The van der Waals surface area contributed by atoms with Crippen molar-refractivity contribution in [2.24, 2.45) is 7.05 Å². The number of aromatic nitrogens is 1. The normalized spacial score (nSPS) is 14.6. The van der Waals surface area contributed by atoms with Gasteiger partial charge in [0.15, 0.2) is 11.2 Å². The Bertz CT molecular complexity index is 1560. The Morgan fingerprint density at radius 3 is 2.28 bits per heavy atom. The van der Waals surface area contributed by atoms with Crippen molar-refractivity contribution in [2.45, 2.75) is 24.6 Å². The second-order valence-electron chi connectivity index (χ2n) is 8.33. The largest absolute Gasteiger partial charge is 0.478 e. The van der Waals surface area contributed by atoms with Gasteiger partial charge < -0.3 is 14.6 Å². The molecular formula is C25H18ClF4NO5. The number of nitrogens with zero attached hydrogens (tertiary/aromatic N) is 1. The maximum atomic E-state index is 14.4. The van der Waals surface area contributed by atoms with E-state index in [1.165, 1.54) is 37.4 Å². The average Bonchev–Trinajstić information content (AvgIpc) is 3.09. The van der Waals surface area contributed by atoms with Gasteiger partial charge in [-0.3, -0.25) is 4.57 Å². The number of aryl methyl sites for hydroxylation is 1. The van der Waals surface area contributed by atoms with E-state index >= 15 is 0 Å². The SMILES string of the molecule is C[C@H](c1ccc(-c2ccc(C(=O)O)c(F)c2)cc1Cl)[C@@](O)(c1ccc2c(c1)oc(=O)n2C)C(F)(F)F. The number of halogens is 5. The molecule has 188 valence electrons. The maximum Gasteiger partial charge on any atom is 0.422 e. The molecule has 11 heteroatoms. The van der Waals surface area contributed by atoms with Crippen LogP contribution in [0.4, 0.5) is 17.6 Å². The molecule has 0 fully saturated rings. The van der Waals surface area contributed by atoms with Crippen molar-refractivity contribution in [2.75, 3.05) is 0 Å². The average molecular weight is 524 g/mol. The second-order valence-corrected chi connectivity index (χ2v) is 8.74. The molecule has 1 heterocycles. The first-order valence-corrected chi connectivity index (χ1v) is 10.8. The van der Waals surface area contributed by atoms with Gasteiger partial charge in [0.1, 0.15) is 5.82 Å². The maximum absolute atomic E-state index is 14.4. The van der Waals surface area contributed by atoms with Gasteiger partial charge >= 0.3 is 17.9 Å². The van der Waals surface area contributed by atoms with Crippen LogP contribution in [0.3, 0.4) is 0 Å². The van der Waals surface area contributed by atoms with E-state index in [-0.39, 0.29) is 27.2 Å². The van der Waals surface area contributed by atoms with Crippen LogP contribution in [-0.2, 0) is 12.6 Å². The number of aliphatic hydroxyl groups is 1. The summed E-state index contributed by atoms with van der Waals surface area (Å²) in [6.45, 7) is 1.15. The lowest BCUT2D eigenvalue weighted by Crippen LogP contribution is -2.46. The third kappa shape index (κ3) is 4.06. The highest BCUT2D eigenvalue weighted by Gasteiger charge is 2.59. The zero-order chi connectivity index (χ0) is 26.6. The number of alkyl halides is 3. The van der Waals surface area contributed by atoms with Crippen molar-refractivity contribution < 1.29 is 37.0 Å². The summed E-state index contributed by atoms with van der Waals surface area (Å²) in [6.07, 6.45) is -5.15. The Morgan fingerprint density at radius 2 is 1.69 bits per heavy atom. The Morgan fingerprint density at radius 1 is 1.06 bits per heavy atom. The number of benzene rings is 3. The predicted octanol–water partition coefficient (Wildman–Crippen LogP) is 5.84. The Kier molecular flexibility index (Phi) is 6.22. The van der Waals surface area contributed by atoms with Gasteiger partial charge in [0.05, 0.1) is 11.1 Å². The second kappa shape index (κ2) is 8.79. The van der Waals surface area contributed by atoms with E-state index in [1.54, 1.807) is 0 Å². The number of fused-ring (bicyclic) bond motifs is 1. The molecule has 36 heavy (non-hydrogen) atoms. The van der Waals surface area contributed by atoms with E-state index in [4.69, 9.17) is 21.1 Å². The lowest BCUT2D eigenvalue weighted by Gasteiger charge is -2.37. The summed E-state index contributed by atoms with van der Waals surface area (Å²) in [5.41, 5.74) is -3.81. The van der Waals surface area contributed by atoms with Crippen LogP contribution in [0.25, 0.3) is 22.2 Å². The Hall–Kier alpha value is -3.63. The monoisotopic (exact) mass is 523 g/mol. The van der Waals surface area contributed by atoms with Crippen LogP contribution in [0.5, 0.6) is 0 Å². The van der Waals surface area contributed by atoms with Crippen LogP contribution < -0.4 is 5.76 Å². The molecule has 0 saturated heterocycles. The standard InChI is InChI=1S/C25H18ClF4NO5/c1-12(16-6-3-13(9-18(16)26)14-4-7-17(22(32)33)19(27)10-14)24(35,25(28,29)30)15-5-8-20-21(11-15)36-23(34)31(20)2/h3-12,35H,1-2H3,(H,32,33)/t12-,24-/m1/s1. The van der Waals surface area contributed by atoms with Crippen molar-refractivity contribution in [1.82, 2.24) is 4.57 Å². The van der Waals surface area contributed by atoms with Gasteiger partial charge in [-0.1, -0.05) is 42.8 Å². The van der Waals surface area contributed by atoms with Gasteiger partial charge in [-0.05, 0) is 52.6 Å². The summed E-state index contributed by atoms with van der Waals surface area (Å²) in [4.78, 5) is 22.8. The van der Waals surface area contributed by atoms with Crippen LogP contribution in [0.2, 0.25) is 5.02 Å². The number of carbonyl (C=O) groups is 1. The topological polar surface area (TPSA) is 92.7 Å². The third-order valence-electron chi connectivity index (χ3n) is 6.29. The molecule has 2 atom stereocenters. The molecule has 0 bridgehead atoms. The van der Waals surface area contributed by atoms with E-state index in [2.05, 4.69) is 0 Å². The van der Waals surface area contributed by atoms with Crippen molar-refractivity contribution in [3.63, 3.8) is 0 Å². The minimum atomic E-state index is -5.15. The molecule has 4 aromatic rings. The minimum absolute atomic E-state index is 0.0440. The lowest BCUT2D eigenvalue weighted by atomic mass is 9.77. The number of hydrogen-bond donors (Lipinski definition) is 2. The highest BCUT2D eigenvalue weighted by atomic mass is 35.5. The predicted molar refractivity (Wildman–Crippen MR) is 124 cm³/mol. The highest BCUT2D eigenvalue weighted by Crippen LogP contribution is 2.50. The molecular weight excluding hydrogens is 506 g/mol. The fourth-order valence-electron chi connectivity index (χ4n) is 4.18. The van der Waals surface area contributed by atoms with E-state index in [9.17, 15) is 32.3 Å². The molecule has 0 aliphatic rings. The number of carboxylic acid groups (broad SMARTS) is 1. The van der Waals surface area contributed by atoms with Gasteiger partial charge in [-0.25, -0.2) is 14.0 Å². The molecule has 1 aromatic heterocycles. The summed E-state index contributed by atoms with van der Waals surface area (Å²) in [5, 5.41) is 19.9. The van der Waals surface area contributed by atoms with Gasteiger partial charge in [0, 0.05) is 18.0 Å². The van der Waals surface area contributed by atoms with E-state index < -0.39 is 46.4 Å².